The molecular weight excluding hydrogens is 281 g/mol. The second-order valence-corrected chi connectivity index (χ2v) is 3.97. The van der Waals surface area contributed by atoms with Crippen molar-refractivity contribution >= 4 is 11.6 Å². The van der Waals surface area contributed by atoms with Crippen molar-refractivity contribution in [1.29, 1.82) is 0 Å². The van der Waals surface area contributed by atoms with Crippen LogP contribution in [0.25, 0.3) is 0 Å². The first-order valence-corrected chi connectivity index (χ1v) is 5.45. The number of carbonyl (C=O) groups is 1. The molecule has 0 radical (unpaired) electrons. The minimum Gasteiger partial charge on any atom is -0.382 e. The summed E-state index contributed by atoms with van der Waals surface area (Å²) >= 11 is 0. The van der Waals surface area contributed by atoms with Crippen LogP contribution in [0, 0.1) is 10.1 Å². The van der Waals surface area contributed by atoms with Gasteiger partial charge in [0.1, 0.15) is 0 Å². The summed E-state index contributed by atoms with van der Waals surface area (Å²) in [4.78, 5) is 21.2. The summed E-state index contributed by atoms with van der Waals surface area (Å²) in [5, 5.41) is 21.1. The van der Waals surface area contributed by atoms with Crippen LogP contribution in [0.4, 0.5) is 18.9 Å². The molecule has 6 nitrogen and oxygen atoms in total. The number of benzene rings is 1. The van der Waals surface area contributed by atoms with Crippen molar-refractivity contribution in [2.75, 3.05) is 6.54 Å². The molecule has 1 unspecified atom stereocenters. The molecule has 0 aliphatic carbocycles. The maximum absolute atomic E-state index is 12.0. The van der Waals surface area contributed by atoms with Crippen LogP contribution in [-0.2, 0) is 11.2 Å². The summed E-state index contributed by atoms with van der Waals surface area (Å²) in [6.07, 6.45) is -7.76. The topological polar surface area (TPSA) is 92.5 Å². The number of nitro benzene ring substituents is 1. The number of nitro groups is 1. The third-order valence-corrected chi connectivity index (χ3v) is 2.36. The molecule has 0 aliphatic heterocycles. The number of alkyl halides is 3. The van der Waals surface area contributed by atoms with Gasteiger partial charge in [-0.15, -0.1) is 0 Å². The number of rotatable bonds is 5. The van der Waals surface area contributed by atoms with Gasteiger partial charge in [0.25, 0.3) is 5.69 Å². The van der Waals surface area contributed by atoms with E-state index in [1.54, 1.807) is 0 Å². The van der Waals surface area contributed by atoms with E-state index in [-0.39, 0.29) is 17.7 Å². The molecule has 0 spiro atoms. The second-order valence-electron chi connectivity index (χ2n) is 3.97. The number of aliphatic hydroxyl groups is 1. The van der Waals surface area contributed by atoms with Crippen molar-refractivity contribution in [1.82, 2.24) is 5.32 Å². The van der Waals surface area contributed by atoms with Gasteiger partial charge in [-0.3, -0.25) is 14.9 Å². The lowest BCUT2D eigenvalue weighted by molar-refractivity contribution is -0.384. The summed E-state index contributed by atoms with van der Waals surface area (Å²) in [5.41, 5.74) is 0.0730. The van der Waals surface area contributed by atoms with E-state index < -0.39 is 29.7 Å². The number of nitrogens with zero attached hydrogens (tertiary/aromatic N) is 1. The Morgan fingerprint density at radius 1 is 1.45 bits per heavy atom. The standard InChI is InChI=1S/C11H11F3N2O4/c12-11(13,14)9(17)6-15-10(18)5-7-2-1-3-8(4-7)16(19)20/h1-4,9,17H,5-6H2,(H,15,18). The molecule has 0 aliphatic rings. The molecule has 1 rings (SSSR count). The third-order valence-electron chi connectivity index (χ3n) is 2.36. The van der Waals surface area contributed by atoms with Crippen LogP contribution >= 0.6 is 0 Å². The first-order chi connectivity index (χ1) is 9.20. The summed E-state index contributed by atoms with van der Waals surface area (Å²) in [5.74, 6) is -0.770. The SMILES string of the molecule is O=C(Cc1cccc([N+](=O)[O-])c1)NCC(O)C(F)(F)F. The Bertz CT molecular complexity index is 505. The Morgan fingerprint density at radius 3 is 2.65 bits per heavy atom. The van der Waals surface area contributed by atoms with Gasteiger partial charge in [0.05, 0.1) is 17.9 Å². The molecule has 0 bridgehead atoms. The van der Waals surface area contributed by atoms with Gasteiger partial charge < -0.3 is 10.4 Å². The minimum absolute atomic E-state index is 0.217. The molecule has 20 heavy (non-hydrogen) atoms. The average Bonchev–Trinajstić information content (AvgIpc) is 2.35. The first-order valence-electron chi connectivity index (χ1n) is 5.45. The molecule has 0 saturated heterocycles. The van der Waals surface area contributed by atoms with Crippen molar-refractivity contribution in [2.45, 2.75) is 18.7 Å². The predicted octanol–water partition coefficient (Wildman–Crippen LogP) is 1.18. The Kier molecular flexibility index (Phi) is 5.03. The molecule has 1 amide bonds. The van der Waals surface area contributed by atoms with E-state index in [4.69, 9.17) is 5.11 Å². The highest BCUT2D eigenvalue weighted by Gasteiger charge is 2.38. The van der Waals surface area contributed by atoms with E-state index in [9.17, 15) is 28.1 Å². The molecule has 110 valence electrons. The van der Waals surface area contributed by atoms with Gasteiger partial charge in [-0.1, -0.05) is 12.1 Å². The van der Waals surface area contributed by atoms with Gasteiger partial charge in [-0.25, -0.2) is 0 Å². The molecule has 0 saturated carbocycles. The van der Waals surface area contributed by atoms with Crippen LogP contribution in [0.3, 0.4) is 0 Å². The van der Waals surface area contributed by atoms with E-state index in [1.807, 2.05) is 5.32 Å². The number of amides is 1. The molecule has 0 heterocycles. The predicted molar refractivity (Wildman–Crippen MR) is 61.9 cm³/mol. The fourth-order valence-electron chi connectivity index (χ4n) is 1.35. The fraction of sp³-hybridized carbons (Fsp3) is 0.364. The van der Waals surface area contributed by atoms with Crippen molar-refractivity contribution in [3.63, 3.8) is 0 Å². The van der Waals surface area contributed by atoms with Crippen LogP contribution in [0.2, 0.25) is 0 Å². The maximum atomic E-state index is 12.0. The van der Waals surface area contributed by atoms with Gasteiger partial charge in [0.2, 0.25) is 5.91 Å². The molecule has 1 aromatic carbocycles. The number of hydrogen-bond acceptors (Lipinski definition) is 4. The number of carbonyl (C=O) groups excluding carboxylic acids is 1. The highest BCUT2D eigenvalue weighted by atomic mass is 19.4. The number of hydrogen-bond donors (Lipinski definition) is 2. The lowest BCUT2D eigenvalue weighted by atomic mass is 10.1. The number of halogens is 3. The van der Waals surface area contributed by atoms with Crippen molar-refractivity contribution in [3.8, 4) is 0 Å². The van der Waals surface area contributed by atoms with Crippen molar-refractivity contribution < 1.29 is 28.0 Å². The number of aliphatic hydroxyl groups excluding tert-OH is 1. The zero-order chi connectivity index (χ0) is 15.3. The first kappa shape index (κ1) is 15.9. The van der Waals surface area contributed by atoms with Gasteiger partial charge >= 0.3 is 6.18 Å². The summed E-state index contributed by atoms with van der Waals surface area (Å²) < 4.78 is 36.0. The average molecular weight is 292 g/mol. The lowest BCUT2D eigenvalue weighted by Crippen LogP contribution is -2.41. The molecule has 0 fully saturated rings. The number of non-ortho nitro benzene ring substituents is 1. The second kappa shape index (κ2) is 6.33. The fourth-order valence-corrected chi connectivity index (χ4v) is 1.35. The maximum Gasteiger partial charge on any atom is 0.416 e. The van der Waals surface area contributed by atoms with E-state index in [0.29, 0.717) is 0 Å². The van der Waals surface area contributed by atoms with E-state index >= 15 is 0 Å². The normalized spacial score (nSPS) is 12.8. The molecule has 1 aromatic rings. The molecule has 9 heteroatoms. The van der Waals surface area contributed by atoms with E-state index in [2.05, 4.69) is 0 Å². The van der Waals surface area contributed by atoms with Crippen molar-refractivity contribution in [3.05, 3.63) is 39.9 Å². The Morgan fingerprint density at radius 2 is 2.10 bits per heavy atom. The Hall–Kier alpha value is -2.16. The molecule has 1 atom stereocenters. The minimum atomic E-state index is -4.81. The summed E-state index contributed by atoms with van der Waals surface area (Å²) in [6.45, 7) is -0.961. The third kappa shape index (κ3) is 4.84. The summed E-state index contributed by atoms with van der Waals surface area (Å²) in [7, 11) is 0. The highest BCUT2D eigenvalue weighted by Crippen LogP contribution is 2.19. The number of nitrogens with one attached hydrogen (secondary N) is 1. The van der Waals surface area contributed by atoms with E-state index in [0.717, 1.165) is 6.07 Å². The monoisotopic (exact) mass is 292 g/mol. The van der Waals surface area contributed by atoms with Gasteiger partial charge in [-0.05, 0) is 5.56 Å². The summed E-state index contributed by atoms with van der Waals surface area (Å²) in [6, 6.07) is 5.19. The van der Waals surface area contributed by atoms with Gasteiger partial charge in [-0.2, -0.15) is 13.2 Å². The zero-order valence-corrected chi connectivity index (χ0v) is 10.1. The van der Waals surface area contributed by atoms with Crippen LogP contribution in [0.15, 0.2) is 24.3 Å². The smallest absolute Gasteiger partial charge is 0.382 e. The highest BCUT2D eigenvalue weighted by molar-refractivity contribution is 5.78. The van der Waals surface area contributed by atoms with Crippen LogP contribution in [-0.4, -0.2) is 34.8 Å². The molecule has 2 N–H and O–H groups in total. The van der Waals surface area contributed by atoms with Gasteiger partial charge in [0, 0.05) is 12.1 Å². The van der Waals surface area contributed by atoms with Crippen LogP contribution < -0.4 is 5.32 Å². The van der Waals surface area contributed by atoms with Crippen LogP contribution in [0.1, 0.15) is 5.56 Å². The van der Waals surface area contributed by atoms with Crippen LogP contribution in [0.5, 0.6) is 0 Å². The van der Waals surface area contributed by atoms with Crippen molar-refractivity contribution in [2.24, 2.45) is 0 Å². The zero-order valence-electron chi connectivity index (χ0n) is 10.1. The van der Waals surface area contributed by atoms with Gasteiger partial charge in [0.15, 0.2) is 6.10 Å². The quantitative estimate of drug-likeness (QED) is 0.629. The lowest BCUT2D eigenvalue weighted by Gasteiger charge is -2.14. The van der Waals surface area contributed by atoms with E-state index in [1.165, 1.54) is 18.2 Å². The molecule has 0 aromatic heterocycles. The Balaban J connectivity index is 2.55. The largest absolute Gasteiger partial charge is 0.416 e. The Labute approximate surface area is 111 Å². The molecular formula is C11H11F3N2O4.